The van der Waals surface area contributed by atoms with Crippen LogP contribution in [0.5, 0.6) is 0 Å². The minimum Gasteiger partial charge on any atom is -0.458 e. The quantitative estimate of drug-likeness (QED) is 0.403. The Bertz CT molecular complexity index is 195. The highest BCUT2D eigenvalue weighted by Crippen LogP contribution is 1.95. The molecule has 0 fully saturated rings. The third kappa shape index (κ3) is 7.80. The Kier molecular flexibility index (Phi) is 7.11. The van der Waals surface area contributed by atoms with Crippen LogP contribution < -0.4 is 5.32 Å². The largest absolute Gasteiger partial charge is 0.458 e. The molecular formula is C11H21NO2. The molecule has 0 radical (unpaired) electrons. The Balaban J connectivity index is 3.66. The van der Waals surface area contributed by atoms with E-state index in [-0.39, 0.29) is 12.1 Å². The fourth-order valence-electron chi connectivity index (χ4n) is 0.992. The minimum absolute atomic E-state index is 0.0651. The van der Waals surface area contributed by atoms with Gasteiger partial charge < -0.3 is 10.1 Å². The molecule has 0 heterocycles. The average molecular weight is 199 g/mol. The molecular weight excluding hydrogens is 178 g/mol. The van der Waals surface area contributed by atoms with Crippen LogP contribution in [0.25, 0.3) is 0 Å². The smallest absolute Gasteiger partial charge is 0.330 e. The van der Waals surface area contributed by atoms with E-state index in [0.29, 0.717) is 0 Å². The zero-order valence-electron chi connectivity index (χ0n) is 9.59. The molecule has 3 nitrogen and oxygen atoms in total. The second-order valence-electron chi connectivity index (χ2n) is 3.67. The Labute approximate surface area is 86.5 Å². The van der Waals surface area contributed by atoms with Gasteiger partial charge in [0.15, 0.2) is 0 Å². The summed E-state index contributed by atoms with van der Waals surface area (Å²) in [6.07, 6.45) is 2.54. The molecule has 0 aliphatic rings. The summed E-state index contributed by atoms with van der Waals surface area (Å²) in [4.78, 5) is 11.2. The van der Waals surface area contributed by atoms with Gasteiger partial charge in [-0.2, -0.15) is 0 Å². The van der Waals surface area contributed by atoms with Gasteiger partial charge in [-0.15, -0.1) is 0 Å². The maximum Gasteiger partial charge on any atom is 0.330 e. The number of hydrogen-bond donors (Lipinski definition) is 1. The third-order valence-corrected chi connectivity index (χ3v) is 1.58. The molecule has 0 bridgehead atoms. The lowest BCUT2D eigenvalue weighted by Crippen LogP contribution is -2.28. The molecule has 0 amide bonds. The van der Waals surface area contributed by atoms with E-state index in [2.05, 4.69) is 12.2 Å². The van der Waals surface area contributed by atoms with Crippen LogP contribution in [0.3, 0.4) is 0 Å². The fraction of sp³-hybridized carbons (Fsp3) is 0.727. The Morgan fingerprint density at radius 2 is 2.14 bits per heavy atom. The van der Waals surface area contributed by atoms with Crippen molar-refractivity contribution in [1.82, 2.24) is 5.32 Å². The molecule has 14 heavy (non-hydrogen) atoms. The van der Waals surface area contributed by atoms with Crippen LogP contribution in [-0.4, -0.2) is 25.2 Å². The van der Waals surface area contributed by atoms with E-state index in [9.17, 15) is 4.79 Å². The summed E-state index contributed by atoms with van der Waals surface area (Å²) in [5.41, 5.74) is 0.962. The molecule has 0 aliphatic heterocycles. The first-order valence-corrected chi connectivity index (χ1v) is 5.12. The van der Waals surface area contributed by atoms with Gasteiger partial charge in [0.05, 0.1) is 0 Å². The lowest BCUT2D eigenvalue weighted by Gasteiger charge is -2.12. The van der Waals surface area contributed by atoms with Gasteiger partial charge >= 0.3 is 5.97 Å². The normalized spacial score (nSPS) is 12.0. The third-order valence-electron chi connectivity index (χ3n) is 1.58. The van der Waals surface area contributed by atoms with Gasteiger partial charge in [-0.1, -0.05) is 12.5 Å². The monoisotopic (exact) mass is 199 g/mol. The van der Waals surface area contributed by atoms with Gasteiger partial charge in [-0.25, -0.2) is 4.79 Å². The van der Waals surface area contributed by atoms with Crippen LogP contribution in [0.15, 0.2) is 11.6 Å². The lowest BCUT2D eigenvalue weighted by atomic mass is 10.3. The summed E-state index contributed by atoms with van der Waals surface area (Å²) in [5.74, 6) is -0.254. The summed E-state index contributed by atoms with van der Waals surface area (Å²) in [5, 5.41) is 3.20. The maximum absolute atomic E-state index is 11.2. The van der Waals surface area contributed by atoms with Gasteiger partial charge in [0, 0.05) is 12.6 Å². The summed E-state index contributed by atoms with van der Waals surface area (Å²) in [6.45, 7) is 9.43. The second kappa shape index (κ2) is 7.56. The van der Waals surface area contributed by atoms with E-state index in [0.717, 1.165) is 25.1 Å². The summed E-state index contributed by atoms with van der Waals surface area (Å²) < 4.78 is 5.13. The molecule has 0 saturated carbocycles. The van der Waals surface area contributed by atoms with E-state index >= 15 is 0 Å². The lowest BCUT2D eigenvalue weighted by molar-refractivity contribution is -0.142. The van der Waals surface area contributed by atoms with Crippen molar-refractivity contribution in [3.8, 4) is 0 Å². The number of carbonyl (C=O) groups is 1. The zero-order valence-corrected chi connectivity index (χ0v) is 9.59. The summed E-state index contributed by atoms with van der Waals surface area (Å²) in [7, 11) is 0. The van der Waals surface area contributed by atoms with Crippen molar-refractivity contribution in [3.05, 3.63) is 11.6 Å². The SMILES string of the molecule is CCCNCC(C)OC(=O)C=C(C)C. The molecule has 0 rings (SSSR count). The first-order chi connectivity index (χ1) is 6.56. The molecule has 0 saturated heterocycles. The highest BCUT2D eigenvalue weighted by molar-refractivity contribution is 5.82. The predicted molar refractivity (Wildman–Crippen MR) is 58.1 cm³/mol. The molecule has 0 aromatic heterocycles. The number of carbonyl (C=O) groups excluding carboxylic acids is 1. The van der Waals surface area contributed by atoms with Crippen LogP contribution >= 0.6 is 0 Å². The Hall–Kier alpha value is -0.830. The number of hydrogen-bond acceptors (Lipinski definition) is 3. The van der Waals surface area contributed by atoms with Gasteiger partial charge in [0.25, 0.3) is 0 Å². The number of esters is 1. The van der Waals surface area contributed by atoms with Crippen LogP contribution in [-0.2, 0) is 9.53 Å². The topological polar surface area (TPSA) is 38.3 Å². The van der Waals surface area contributed by atoms with E-state index in [1.54, 1.807) is 0 Å². The highest BCUT2D eigenvalue weighted by Gasteiger charge is 2.05. The molecule has 0 aromatic carbocycles. The van der Waals surface area contributed by atoms with Crippen molar-refractivity contribution in [2.45, 2.75) is 40.2 Å². The second-order valence-corrected chi connectivity index (χ2v) is 3.67. The average Bonchev–Trinajstić information content (AvgIpc) is 2.02. The van der Waals surface area contributed by atoms with Crippen molar-refractivity contribution in [2.75, 3.05) is 13.1 Å². The first kappa shape index (κ1) is 13.2. The van der Waals surface area contributed by atoms with Gasteiger partial charge in [0.2, 0.25) is 0 Å². The molecule has 82 valence electrons. The van der Waals surface area contributed by atoms with Crippen molar-refractivity contribution in [1.29, 1.82) is 0 Å². The molecule has 1 atom stereocenters. The molecule has 0 spiro atoms. The number of rotatable bonds is 6. The number of ether oxygens (including phenoxy) is 1. The van der Waals surface area contributed by atoms with Crippen molar-refractivity contribution in [2.24, 2.45) is 0 Å². The van der Waals surface area contributed by atoms with Crippen LogP contribution in [0.1, 0.15) is 34.1 Å². The zero-order chi connectivity index (χ0) is 11.0. The number of allylic oxidation sites excluding steroid dienone is 1. The van der Waals surface area contributed by atoms with Crippen molar-refractivity contribution < 1.29 is 9.53 Å². The number of nitrogens with one attached hydrogen (secondary N) is 1. The van der Waals surface area contributed by atoms with Gasteiger partial charge in [-0.05, 0) is 33.7 Å². The molecule has 1 unspecified atom stereocenters. The van der Waals surface area contributed by atoms with E-state index in [4.69, 9.17) is 4.74 Å². The van der Waals surface area contributed by atoms with Gasteiger partial charge in [0.1, 0.15) is 6.10 Å². The summed E-state index contributed by atoms with van der Waals surface area (Å²) in [6, 6.07) is 0. The van der Waals surface area contributed by atoms with Crippen LogP contribution in [0.4, 0.5) is 0 Å². The molecule has 1 N–H and O–H groups in total. The predicted octanol–water partition coefficient (Wildman–Crippen LogP) is 1.88. The summed E-state index contributed by atoms with van der Waals surface area (Å²) >= 11 is 0. The Morgan fingerprint density at radius 3 is 2.64 bits per heavy atom. The Morgan fingerprint density at radius 1 is 1.50 bits per heavy atom. The minimum atomic E-state index is -0.254. The first-order valence-electron chi connectivity index (χ1n) is 5.12. The van der Waals surface area contributed by atoms with E-state index < -0.39 is 0 Å². The maximum atomic E-state index is 11.2. The molecule has 0 aliphatic carbocycles. The molecule has 0 aromatic rings. The van der Waals surface area contributed by atoms with E-state index in [1.165, 1.54) is 6.08 Å². The van der Waals surface area contributed by atoms with E-state index in [1.807, 2.05) is 20.8 Å². The fourth-order valence-corrected chi connectivity index (χ4v) is 0.992. The van der Waals surface area contributed by atoms with Crippen LogP contribution in [0, 0.1) is 0 Å². The highest BCUT2D eigenvalue weighted by atomic mass is 16.5. The van der Waals surface area contributed by atoms with Crippen LogP contribution in [0.2, 0.25) is 0 Å². The van der Waals surface area contributed by atoms with Crippen molar-refractivity contribution in [3.63, 3.8) is 0 Å². The molecule has 3 heteroatoms. The van der Waals surface area contributed by atoms with Gasteiger partial charge in [-0.3, -0.25) is 0 Å². The van der Waals surface area contributed by atoms with Crippen molar-refractivity contribution >= 4 is 5.97 Å². The standard InChI is InChI=1S/C11H21NO2/c1-5-6-12-8-10(4)14-11(13)7-9(2)3/h7,10,12H,5-6,8H2,1-4H3.